The Morgan fingerprint density at radius 2 is 1.91 bits per heavy atom. The van der Waals surface area contributed by atoms with Gasteiger partial charge in [0.2, 0.25) is 11.8 Å². The lowest BCUT2D eigenvalue weighted by Crippen LogP contribution is -2.28. The van der Waals surface area contributed by atoms with E-state index in [1.54, 1.807) is 24.4 Å². The third-order valence-electron chi connectivity index (χ3n) is 5.82. The lowest BCUT2D eigenvalue weighted by atomic mass is 9.94. The van der Waals surface area contributed by atoms with Crippen molar-refractivity contribution < 1.29 is 27.8 Å². The fourth-order valence-electron chi connectivity index (χ4n) is 3.91. The second-order valence-electron chi connectivity index (χ2n) is 8.05. The number of hydrogen-bond acceptors (Lipinski definition) is 7. The molecule has 10 heteroatoms. The number of nitrogens with two attached hydrogens (primary N) is 1. The highest BCUT2D eigenvalue weighted by Crippen LogP contribution is 2.52. The van der Waals surface area contributed by atoms with Crippen molar-refractivity contribution in [1.82, 2.24) is 9.97 Å². The van der Waals surface area contributed by atoms with Crippen LogP contribution in [-0.4, -0.2) is 29.3 Å². The van der Waals surface area contributed by atoms with Gasteiger partial charge in [0.15, 0.2) is 11.5 Å². The van der Waals surface area contributed by atoms with Gasteiger partial charge >= 0.3 is 6.29 Å². The molecule has 1 aliphatic heterocycles. The van der Waals surface area contributed by atoms with E-state index in [2.05, 4.69) is 24.8 Å². The van der Waals surface area contributed by atoms with Crippen LogP contribution in [0.3, 0.4) is 0 Å². The van der Waals surface area contributed by atoms with E-state index in [4.69, 9.17) is 10.5 Å². The molecule has 1 fully saturated rings. The first kappa shape index (κ1) is 20.9. The van der Waals surface area contributed by atoms with Gasteiger partial charge in [0, 0.05) is 11.8 Å². The minimum atomic E-state index is -3.71. The number of halogens is 2. The minimum Gasteiger partial charge on any atom is -0.480 e. The molecular formula is C23H20F2N4O4. The molecule has 1 saturated carbocycles. The average molecular weight is 454 g/mol. The quantitative estimate of drug-likeness (QED) is 0.599. The maximum absolute atomic E-state index is 13.4. The van der Waals surface area contributed by atoms with Crippen LogP contribution in [0.1, 0.15) is 24.0 Å². The first-order valence-electron chi connectivity index (χ1n) is 10.2. The zero-order valence-electron chi connectivity index (χ0n) is 17.8. The Labute approximate surface area is 187 Å². The lowest BCUT2D eigenvalue weighted by Gasteiger charge is -2.17. The molecule has 1 amide bonds. The molecule has 2 aromatic heterocycles. The summed E-state index contributed by atoms with van der Waals surface area (Å²) in [5.41, 5.74) is 8.26. The van der Waals surface area contributed by atoms with Crippen LogP contribution in [0.4, 0.5) is 20.3 Å². The maximum Gasteiger partial charge on any atom is 0.586 e. The zero-order chi connectivity index (χ0) is 23.4. The average Bonchev–Trinajstić information content (AvgIpc) is 3.52. The van der Waals surface area contributed by atoms with E-state index in [0.717, 1.165) is 5.56 Å². The van der Waals surface area contributed by atoms with Gasteiger partial charge in [-0.15, -0.1) is 8.78 Å². The number of pyridine rings is 2. The highest BCUT2D eigenvalue weighted by Gasteiger charge is 2.53. The number of fused-ring (bicyclic) bond motifs is 1. The molecule has 0 unspecified atom stereocenters. The summed E-state index contributed by atoms with van der Waals surface area (Å²) in [4.78, 5) is 21.9. The first-order chi connectivity index (χ1) is 15.7. The standard InChI is InChI=1S/C23H20F2N4O4/c1-12-3-6-18(28-19(12)13-9-15(26)20(31-2)27-11-13)29-21(30)22(7-8-22)14-4-5-16-17(10-14)33-23(24,25)32-16/h3-6,9-11H,7-8,26H2,1-2H3,(H,28,29,30). The number of nitrogen functional groups attached to an aromatic ring is 1. The number of aryl methyl sites for hydroxylation is 1. The van der Waals surface area contributed by atoms with Gasteiger partial charge in [0.05, 0.1) is 23.9 Å². The van der Waals surface area contributed by atoms with Gasteiger partial charge < -0.3 is 25.3 Å². The first-order valence-corrected chi connectivity index (χ1v) is 10.2. The van der Waals surface area contributed by atoms with Crippen LogP contribution in [0.15, 0.2) is 42.6 Å². The van der Waals surface area contributed by atoms with Crippen LogP contribution >= 0.6 is 0 Å². The molecule has 0 bridgehead atoms. The molecule has 1 aromatic carbocycles. The van der Waals surface area contributed by atoms with Crippen molar-refractivity contribution in [3.8, 4) is 28.6 Å². The smallest absolute Gasteiger partial charge is 0.480 e. The fourth-order valence-corrected chi connectivity index (χ4v) is 3.91. The van der Waals surface area contributed by atoms with E-state index in [0.29, 0.717) is 47.0 Å². The predicted molar refractivity (Wildman–Crippen MR) is 115 cm³/mol. The molecule has 0 spiro atoms. The molecule has 1 aliphatic carbocycles. The number of nitrogens with one attached hydrogen (secondary N) is 1. The number of rotatable bonds is 5. The van der Waals surface area contributed by atoms with Gasteiger partial charge in [0.25, 0.3) is 0 Å². The number of anilines is 2. The maximum atomic E-state index is 13.4. The van der Waals surface area contributed by atoms with Crippen molar-refractivity contribution in [2.24, 2.45) is 0 Å². The SMILES string of the molecule is COc1ncc(-c2nc(NC(=O)C3(c4ccc5c(c4)OC(F)(F)O5)CC3)ccc2C)cc1N. The topological polar surface area (TPSA) is 109 Å². The van der Waals surface area contributed by atoms with Crippen molar-refractivity contribution in [3.05, 3.63) is 53.7 Å². The Balaban J connectivity index is 1.40. The number of carbonyl (C=O) groups excluding carboxylic acids is 1. The number of methoxy groups -OCH3 is 1. The van der Waals surface area contributed by atoms with E-state index < -0.39 is 11.7 Å². The van der Waals surface area contributed by atoms with E-state index >= 15 is 0 Å². The summed E-state index contributed by atoms with van der Waals surface area (Å²) in [6.45, 7) is 1.89. The summed E-state index contributed by atoms with van der Waals surface area (Å²) in [6, 6.07) is 9.67. The van der Waals surface area contributed by atoms with E-state index in [1.807, 2.05) is 13.0 Å². The van der Waals surface area contributed by atoms with E-state index in [1.165, 1.54) is 19.2 Å². The number of alkyl halides is 2. The Kier molecular flexibility index (Phi) is 4.62. The van der Waals surface area contributed by atoms with E-state index in [9.17, 15) is 13.6 Å². The van der Waals surface area contributed by atoms with E-state index in [-0.39, 0.29) is 17.4 Å². The third kappa shape index (κ3) is 3.67. The van der Waals surface area contributed by atoms with Crippen LogP contribution < -0.4 is 25.3 Å². The van der Waals surface area contributed by atoms with Crippen LogP contribution in [0.25, 0.3) is 11.3 Å². The Bertz CT molecular complexity index is 1280. The van der Waals surface area contributed by atoms with Crippen molar-refractivity contribution in [3.63, 3.8) is 0 Å². The molecule has 0 radical (unpaired) electrons. The van der Waals surface area contributed by atoms with Gasteiger partial charge in [-0.05, 0) is 55.2 Å². The molecule has 33 heavy (non-hydrogen) atoms. The van der Waals surface area contributed by atoms with Crippen molar-refractivity contribution in [2.45, 2.75) is 31.5 Å². The number of hydrogen-bond donors (Lipinski definition) is 2. The Morgan fingerprint density at radius 3 is 2.61 bits per heavy atom. The van der Waals surface area contributed by atoms with Crippen molar-refractivity contribution in [2.75, 3.05) is 18.2 Å². The normalized spacial score (nSPS) is 16.8. The molecule has 3 N–H and O–H groups in total. The molecular weight excluding hydrogens is 434 g/mol. The molecule has 3 aromatic rings. The van der Waals surface area contributed by atoms with Gasteiger partial charge in [-0.1, -0.05) is 12.1 Å². The summed E-state index contributed by atoms with van der Waals surface area (Å²) in [5, 5.41) is 2.86. The molecule has 8 nitrogen and oxygen atoms in total. The third-order valence-corrected chi connectivity index (χ3v) is 5.82. The summed E-state index contributed by atoms with van der Waals surface area (Å²) < 4.78 is 40.8. The second-order valence-corrected chi connectivity index (χ2v) is 8.05. The summed E-state index contributed by atoms with van der Waals surface area (Å²) in [7, 11) is 1.48. The number of aromatic nitrogens is 2. The highest BCUT2D eigenvalue weighted by atomic mass is 19.3. The molecule has 0 saturated heterocycles. The number of benzene rings is 1. The lowest BCUT2D eigenvalue weighted by molar-refractivity contribution is -0.286. The largest absolute Gasteiger partial charge is 0.586 e. The number of nitrogens with zero attached hydrogens (tertiary/aromatic N) is 2. The molecule has 2 aliphatic rings. The number of amides is 1. The Hall–Kier alpha value is -3.95. The molecule has 3 heterocycles. The number of carbonyl (C=O) groups is 1. The van der Waals surface area contributed by atoms with Crippen LogP contribution in [0.5, 0.6) is 17.4 Å². The second kappa shape index (κ2) is 7.29. The minimum absolute atomic E-state index is 0.0582. The highest BCUT2D eigenvalue weighted by molar-refractivity contribution is 6.01. The molecule has 170 valence electrons. The predicted octanol–water partition coefficient (Wildman–Crippen LogP) is 4.03. The Morgan fingerprint density at radius 1 is 1.15 bits per heavy atom. The molecule has 0 atom stereocenters. The van der Waals surface area contributed by atoms with Crippen LogP contribution in [0, 0.1) is 6.92 Å². The van der Waals surface area contributed by atoms with Gasteiger partial charge in [-0.2, -0.15) is 0 Å². The van der Waals surface area contributed by atoms with Gasteiger partial charge in [-0.3, -0.25) is 4.79 Å². The summed E-state index contributed by atoms with van der Waals surface area (Å²) in [6.07, 6.45) is -0.957. The monoisotopic (exact) mass is 454 g/mol. The molecule has 5 rings (SSSR count). The summed E-state index contributed by atoms with van der Waals surface area (Å²) >= 11 is 0. The number of ether oxygens (including phenoxy) is 3. The van der Waals surface area contributed by atoms with Crippen LogP contribution in [-0.2, 0) is 10.2 Å². The van der Waals surface area contributed by atoms with Gasteiger partial charge in [0.1, 0.15) is 5.82 Å². The van der Waals surface area contributed by atoms with Crippen molar-refractivity contribution in [1.29, 1.82) is 0 Å². The van der Waals surface area contributed by atoms with Gasteiger partial charge in [-0.25, -0.2) is 9.97 Å². The van der Waals surface area contributed by atoms with Crippen molar-refractivity contribution >= 4 is 17.4 Å². The summed E-state index contributed by atoms with van der Waals surface area (Å²) in [5.74, 6) is 0.253. The fraction of sp³-hybridized carbons (Fsp3) is 0.261. The zero-order valence-corrected chi connectivity index (χ0v) is 17.8. The van der Waals surface area contributed by atoms with Crippen LogP contribution in [0.2, 0.25) is 0 Å².